The molecule has 1 aromatic heterocycles. The van der Waals surface area contributed by atoms with Gasteiger partial charge >= 0.3 is 11.7 Å². The molecule has 0 fully saturated rings. The van der Waals surface area contributed by atoms with E-state index in [9.17, 15) is 9.59 Å². The Morgan fingerprint density at radius 2 is 2.32 bits per heavy atom. The van der Waals surface area contributed by atoms with E-state index in [0.29, 0.717) is 11.7 Å². The Kier molecular flexibility index (Phi) is 4.06. The van der Waals surface area contributed by atoms with Crippen LogP contribution in [-0.2, 0) is 6.54 Å². The van der Waals surface area contributed by atoms with Crippen molar-refractivity contribution in [3.05, 3.63) is 40.3 Å². The van der Waals surface area contributed by atoms with Crippen LogP contribution in [-0.4, -0.2) is 25.8 Å². The van der Waals surface area contributed by atoms with Crippen molar-refractivity contribution in [3.63, 3.8) is 0 Å². The van der Waals surface area contributed by atoms with Gasteiger partial charge in [0.25, 0.3) is 0 Å². The van der Waals surface area contributed by atoms with Gasteiger partial charge in [-0.2, -0.15) is 0 Å². The molecule has 100 valence electrons. The number of aromatic nitrogens is 3. The highest BCUT2D eigenvalue weighted by molar-refractivity contribution is 7.99. The number of H-pyrrole nitrogens is 1. The predicted molar refractivity (Wildman–Crippen MR) is 70.7 cm³/mol. The first-order chi connectivity index (χ1) is 9.11. The number of carboxylic acid groups (broad SMARTS) is 1. The highest BCUT2D eigenvalue weighted by Gasteiger charge is 2.10. The summed E-state index contributed by atoms with van der Waals surface area (Å²) in [6.07, 6.45) is 0.822. The average molecular weight is 279 g/mol. The van der Waals surface area contributed by atoms with Gasteiger partial charge in [-0.25, -0.2) is 14.7 Å². The van der Waals surface area contributed by atoms with Gasteiger partial charge in [-0.3, -0.25) is 4.57 Å². The first-order valence-corrected chi connectivity index (χ1v) is 6.60. The van der Waals surface area contributed by atoms with Gasteiger partial charge in [-0.1, -0.05) is 13.0 Å². The van der Waals surface area contributed by atoms with Gasteiger partial charge in [0.2, 0.25) is 0 Å². The summed E-state index contributed by atoms with van der Waals surface area (Å²) in [6, 6.07) is 6.53. The van der Waals surface area contributed by atoms with Crippen LogP contribution in [0.25, 0.3) is 0 Å². The molecule has 0 aliphatic rings. The fourth-order valence-corrected chi connectivity index (χ4v) is 2.52. The van der Waals surface area contributed by atoms with Gasteiger partial charge in [0.1, 0.15) is 0 Å². The highest BCUT2D eigenvalue weighted by Crippen LogP contribution is 2.25. The number of hydrogen-bond acceptors (Lipinski definition) is 4. The van der Waals surface area contributed by atoms with Crippen LogP contribution in [0.2, 0.25) is 0 Å². The Morgan fingerprint density at radius 1 is 1.53 bits per heavy atom. The Hall–Kier alpha value is -2.02. The third kappa shape index (κ3) is 3.05. The van der Waals surface area contributed by atoms with E-state index in [1.54, 1.807) is 18.2 Å². The number of nitrogens with one attached hydrogen (secondary N) is 1. The molecule has 0 saturated heterocycles. The molecule has 19 heavy (non-hydrogen) atoms. The lowest BCUT2D eigenvalue weighted by molar-refractivity contribution is 0.0696. The number of carboxylic acids is 1. The van der Waals surface area contributed by atoms with Crippen LogP contribution in [0.4, 0.5) is 0 Å². The lowest BCUT2D eigenvalue weighted by atomic mass is 10.2. The molecule has 0 aliphatic heterocycles. The monoisotopic (exact) mass is 279 g/mol. The molecule has 0 aliphatic carbocycles. The van der Waals surface area contributed by atoms with E-state index in [4.69, 9.17) is 5.11 Å². The van der Waals surface area contributed by atoms with E-state index in [1.807, 2.05) is 6.92 Å². The smallest absolute Gasteiger partial charge is 0.343 e. The molecule has 0 bridgehead atoms. The Morgan fingerprint density at radius 3 is 3.00 bits per heavy atom. The zero-order chi connectivity index (χ0) is 13.8. The molecule has 1 aromatic carbocycles. The topological polar surface area (TPSA) is 88.0 Å². The molecule has 2 aromatic rings. The molecule has 0 unspecified atom stereocenters. The van der Waals surface area contributed by atoms with Crippen LogP contribution in [0.1, 0.15) is 23.7 Å². The van der Waals surface area contributed by atoms with E-state index in [2.05, 4.69) is 10.2 Å². The van der Waals surface area contributed by atoms with Crippen molar-refractivity contribution in [2.45, 2.75) is 29.9 Å². The van der Waals surface area contributed by atoms with Gasteiger partial charge in [0, 0.05) is 11.4 Å². The minimum absolute atomic E-state index is 0.213. The number of aromatic amines is 1. The fourth-order valence-electron chi connectivity index (χ4n) is 1.60. The lowest BCUT2D eigenvalue weighted by Gasteiger charge is -2.04. The highest BCUT2D eigenvalue weighted by atomic mass is 32.2. The minimum Gasteiger partial charge on any atom is -0.478 e. The van der Waals surface area contributed by atoms with Crippen molar-refractivity contribution in [2.75, 3.05) is 0 Å². The van der Waals surface area contributed by atoms with Crippen LogP contribution < -0.4 is 5.69 Å². The van der Waals surface area contributed by atoms with Crippen molar-refractivity contribution in [3.8, 4) is 0 Å². The van der Waals surface area contributed by atoms with E-state index < -0.39 is 5.97 Å². The Bertz CT molecular complexity index is 648. The maximum Gasteiger partial charge on any atom is 0.343 e. The van der Waals surface area contributed by atoms with Crippen molar-refractivity contribution >= 4 is 17.7 Å². The molecule has 7 heteroatoms. The molecule has 2 rings (SSSR count). The predicted octanol–water partition coefficient (Wildman–Crippen LogP) is 1.83. The van der Waals surface area contributed by atoms with E-state index in [0.717, 1.165) is 11.3 Å². The van der Waals surface area contributed by atoms with Crippen LogP contribution in [0.15, 0.2) is 39.1 Å². The maximum absolute atomic E-state index is 11.5. The normalized spacial score (nSPS) is 10.6. The standard InChI is InChI=1S/C12H13N3O3S/c1-2-6-15-11(18)13-14-12(15)19-9-5-3-4-8(7-9)10(16)17/h3-5,7H,2,6H2,1H3,(H,13,18)(H,16,17). The molecule has 0 radical (unpaired) electrons. The van der Waals surface area contributed by atoms with Crippen LogP contribution >= 0.6 is 11.8 Å². The Balaban J connectivity index is 2.28. The second-order valence-electron chi connectivity index (χ2n) is 3.90. The third-order valence-corrected chi connectivity index (χ3v) is 3.44. The average Bonchev–Trinajstić information content (AvgIpc) is 2.72. The SMILES string of the molecule is CCCn1c(Sc2cccc(C(=O)O)c2)n[nH]c1=O. The van der Waals surface area contributed by atoms with Crippen molar-refractivity contribution in [2.24, 2.45) is 0 Å². The van der Waals surface area contributed by atoms with Gasteiger partial charge in [-0.15, -0.1) is 5.10 Å². The van der Waals surface area contributed by atoms with E-state index in [1.165, 1.54) is 22.4 Å². The minimum atomic E-state index is -0.976. The van der Waals surface area contributed by atoms with Gasteiger partial charge in [0.05, 0.1) is 5.56 Å². The van der Waals surface area contributed by atoms with E-state index in [-0.39, 0.29) is 11.3 Å². The van der Waals surface area contributed by atoms with Gasteiger partial charge in [-0.05, 0) is 36.4 Å². The van der Waals surface area contributed by atoms with E-state index >= 15 is 0 Å². The Labute approximate surface area is 113 Å². The summed E-state index contributed by atoms with van der Waals surface area (Å²) in [6.45, 7) is 2.55. The molecule has 6 nitrogen and oxygen atoms in total. The molecule has 0 saturated carbocycles. The summed E-state index contributed by atoms with van der Waals surface area (Å²) in [5.41, 5.74) is -0.0383. The second-order valence-corrected chi connectivity index (χ2v) is 4.94. The quantitative estimate of drug-likeness (QED) is 0.871. The summed E-state index contributed by atoms with van der Waals surface area (Å²) in [4.78, 5) is 23.2. The second kappa shape index (κ2) is 5.75. The largest absolute Gasteiger partial charge is 0.478 e. The number of hydrogen-bond donors (Lipinski definition) is 2. The zero-order valence-corrected chi connectivity index (χ0v) is 11.1. The number of benzene rings is 1. The zero-order valence-electron chi connectivity index (χ0n) is 10.3. The number of aromatic carboxylic acids is 1. The molecular formula is C12H13N3O3S. The first kappa shape index (κ1) is 13.4. The van der Waals surface area contributed by atoms with Crippen LogP contribution in [0.5, 0.6) is 0 Å². The summed E-state index contributed by atoms with van der Waals surface area (Å²) >= 11 is 1.26. The van der Waals surface area contributed by atoms with Crippen molar-refractivity contribution in [1.29, 1.82) is 0 Å². The molecule has 1 heterocycles. The molecule has 0 amide bonds. The summed E-state index contributed by atoms with van der Waals surface area (Å²) < 4.78 is 1.54. The number of nitrogens with zero attached hydrogens (tertiary/aromatic N) is 2. The molecule has 2 N–H and O–H groups in total. The van der Waals surface area contributed by atoms with Gasteiger partial charge < -0.3 is 5.11 Å². The number of rotatable bonds is 5. The van der Waals surface area contributed by atoms with Crippen molar-refractivity contribution < 1.29 is 9.90 Å². The molecule has 0 spiro atoms. The summed E-state index contributed by atoms with van der Waals surface area (Å²) in [7, 11) is 0. The van der Waals surface area contributed by atoms with Crippen molar-refractivity contribution in [1.82, 2.24) is 14.8 Å². The summed E-state index contributed by atoms with van der Waals surface area (Å²) in [5, 5.41) is 15.8. The number of carbonyl (C=O) groups is 1. The summed E-state index contributed by atoms with van der Waals surface area (Å²) in [5.74, 6) is -0.976. The van der Waals surface area contributed by atoms with Gasteiger partial charge in [0.15, 0.2) is 5.16 Å². The van der Waals surface area contributed by atoms with Crippen LogP contribution in [0.3, 0.4) is 0 Å². The molecule has 0 atom stereocenters. The van der Waals surface area contributed by atoms with Crippen LogP contribution in [0, 0.1) is 0 Å². The first-order valence-electron chi connectivity index (χ1n) is 5.78. The third-order valence-electron chi connectivity index (χ3n) is 2.46. The molecular weight excluding hydrogens is 266 g/mol. The fraction of sp³-hybridized carbons (Fsp3) is 0.250. The maximum atomic E-state index is 11.5. The lowest BCUT2D eigenvalue weighted by Crippen LogP contribution is -2.17.